The van der Waals surface area contributed by atoms with Crippen LogP contribution in [0.25, 0.3) is 0 Å². The summed E-state index contributed by atoms with van der Waals surface area (Å²) in [6.07, 6.45) is -5.20. The van der Waals surface area contributed by atoms with Crippen molar-refractivity contribution in [2.45, 2.75) is 12.6 Å². The maximum absolute atomic E-state index is 11.9. The molecule has 0 aliphatic heterocycles. The van der Waals surface area contributed by atoms with Crippen molar-refractivity contribution in [1.82, 2.24) is 0 Å². The van der Waals surface area contributed by atoms with Gasteiger partial charge in [0.1, 0.15) is 0 Å². The average Bonchev–Trinajstić information content (AvgIpc) is 2.60. The third-order valence-electron chi connectivity index (χ3n) is 1.94. The molecule has 3 nitrogen and oxygen atoms in total. The van der Waals surface area contributed by atoms with Crippen LogP contribution >= 0.6 is 0 Å². The van der Waals surface area contributed by atoms with E-state index in [4.69, 9.17) is 10.4 Å². The summed E-state index contributed by atoms with van der Waals surface area (Å²) in [7, 11) is 0. The normalized spacial score (nSPS) is 34.0. The van der Waals surface area contributed by atoms with Crippen LogP contribution in [0.2, 0.25) is 0 Å². The zero-order chi connectivity index (χ0) is 9.57. The molecule has 0 radical (unpaired) electrons. The van der Waals surface area contributed by atoms with Crippen molar-refractivity contribution in [2.75, 3.05) is 0 Å². The molecular weight excluding hydrogens is 175 g/mol. The number of carboxylic acid groups (broad SMARTS) is 1. The van der Waals surface area contributed by atoms with Gasteiger partial charge in [-0.05, 0) is 6.42 Å². The van der Waals surface area contributed by atoms with Crippen LogP contribution in [-0.4, -0.2) is 17.3 Å². The summed E-state index contributed by atoms with van der Waals surface area (Å²) in [6.45, 7) is 0. The van der Waals surface area contributed by atoms with Crippen LogP contribution in [-0.2, 0) is 4.79 Å². The number of carboxylic acids is 1. The SMILES string of the molecule is N#CC1(C(=O)O)CC1C(F)(F)F. The third kappa shape index (κ3) is 1.02. The van der Waals surface area contributed by atoms with Crippen molar-refractivity contribution in [3.63, 3.8) is 0 Å². The fraction of sp³-hybridized carbons (Fsp3) is 0.667. The number of nitriles is 1. The van der Waals surface area contributed by atoms with E-state index >= 15 is 0 Å². The molecule has 66 valence electrons. The van der Waals surface area contributed by atoms with Gasteiger partial charge in [-0.1, -0.05) is 0 Å². The fourth-order valence-electron chi connectivity index (χ4n) is 1.07. The summed E-state index contributed by atoms with van der Waals surface area (Å²) in [5.74, 6) is -3.68. The number of hydrogen-bond donors (Lipinski definition) is 1. The highest BCUT2D eigenvalue weighted by Gasteiger charge is 2.72. The van der Waals surface area contributed by atoms with Gasteiger partial charge in [0.2, 0.25) is 0 Å². The van der Waals surface area contributed by atoms with Crippen molar-refractivity contribution >= 4 is 5.97 Å². The first-order valence-corrected chi connectivity index (χ1v) is 3.06. The molecule has 1 aliphatic rings. The molecule has 0 heterocycles. The van der Waals surface area contributed by atoms with Crippen molar-refractivity contribution < 1.29 is 23.1 Å². The maximum Gasteiger partial charge on any atom is 0.394 e. The Morgan fingerprint density at radius 2 is 2.17 bits per heavy atom. The van der Waals surface area contributed by atoms with Gasteiger partial charge in [0.15, 0.2) is 5.41 Å². The Hall–Kier alpha value is -1.25. The molecule has 1 aliphatic carbocycles. The summed E-state index contributed by atoms with van der Waals surface area (Å²) in [5, 5.41) is 16.5. The molecule has 6 heteroatoms. The van der Waals surface area contributed by atoms with Crippen LogP contribution in [0.4, 0.5) is 13.2 Å². The van der Waals surface area contributed by atoms with Crippen LogP contribution in [0.15, 0.2) is 0 Å². The molecule has 0 saturated heterocycles. The van der Waals surface area contributed by atoms with Gasteiger partial charge >= 0.3 is 12.1 Å². The van der Waals surface area contributed by atoms with Crippen LogP contribution in [0.5, 0.6) is 0 Å². The first-order chi connectivity index (χ1) is 5.34. The Bertz CT molecular complexity index is 267. The Morgan fingerprint density at radius 1 is 1.67 bits per heavy atom. The second-order valence-corrected chi connectivity index (χ2v) is 2.69. The third-order valence-corrected chi connectivity index (χ3v) is 1.94. The van der Waals surface area contributed by atoms with Crippen LogP contribution in [0.3, 0.4) is 0 Å². The molecule has 1 fully saturated rings. The van der Waals surface area contributed by atoms with E-state index in [1.807, 2.05) is 0 Å². The highest BCUT2D eigenvalue weighted by atomic mass is 19.4. The lowest BCUT2D eigenvalue weighted by Crippen LogP contribution is -2.23. The standard InChI is InChI=1S/C6H4F3NO2/c7-6(8,9)3-1-5(3,2-10)4(11)12/h3H,1H2,(H,11,12). The molecule has 0 aromatic carbocycles. The summed E-state index contributed by atoms with van der Waals surface area (Å²) in [6, 6.07) is 1.19. The number of halogens is 3. The Kier molecular flexibility index (Phi) is 1.56. The topological polar surface area (TPSA) is 61.1 Å². The van der Waals surface area contributed by atoms with E-state index in [1.54, 1.807) is 0 Å². The first kappa shape index (κ1) is 8.84. The molecule has 0 bridgehead atoms. The minimum absolute atomic E-state index is 0.623. The molecule has 1 N–H and O–H groups in total. The molecule has 12 heavy (non-hydrogen) atoms. The van der Waals surface area contributed by atoms with Gasteiger partial charge in [0.25, 0.3) is 0 Å². The van der Waals surface area contributed by atoms with Crippen LogP contribution in [0, 0.1) is 22.7 Å². The first-order valence-electron chi connectivity index (χ1n) is 3.06. The monoisotopic (exact) mass is 179 g/mol. The smallest absolute Gasteiger partial charge is 0.394 e. The quantitative estimate of drug-likeness (QED) is 0.657. The Balaban J connectivity index is 2.84. The van der Waals surface area contributed by atoms with E-state index in [2.05, 4.69) is 0 Å². The number of alkyl halides is 3. The van der Waals surface area contributed by atoms with E-state index in [0.29, 0.717) is 0 Å². The van der Waals surface area contributed by atoms with Gasteiger partial charge in [-0.15, -0.1) is 0 Å². The largest absolute Gasteiger partial charge is 0.480 e. The predicted molar refractivity (Wildman–Crippen MR) is 29.8 cm³/mol. The molecule has 0 amide bonds. The fourth-order valence-corrected chi connectivity index (χ4v) is 1.07. The summed E-state index contributed by atoms with van der Waals surface area (Å²) >= 11 is 0. The van der Waals surface area contributed by atoms with Crippen LogP contribution in [0.1, 0.15) is 6.42 Å². The van der Waals surface area contributed by atoms with E-state index < -0.39 is 29.9 Å². The molecule has 1 saturated carbocycles. The van der Waals surface area contributed by atoms with Crippen LogP contribution < -0.4 is 0 Å². The second-order valence-electron chi connectivity index (χ2n) is 2.69. The van der Waals surface area contributed by atoms with Crippen molar-refractivity contribution in [1.29, 1.82) is 5.26 Å². The molecular formula is C6H4F3NO2. The lowest BCUT2D eigenvalue weighted by molar-refractivity contribution is -0.164. The zero-order valence-electron chi connectivity index (χ0n) is 5.72. The highest BCUT2D eigenvalue weighted by molar-refractivity contribution is 5.82. The van der Waals surface area contributed by atoms with Gasteiger partial charge in [-0.25, -0.2) is 0 Å². The minimum Gasteiger partial charge on any atom is -0.480 e. The summed E-state index contributed by atoms with van der Waals surface area (Å²) < 4.78 is 35.6. The molecule has 2 unspecified atom stereocenters. The Morgan fingerprint density at radius 3 is 2.25 bits per heavy atom. The molecule has 0 aromatic heterocycles. The molecule has 0 aromatic rings. The predicted octanol–water partition coefficient (Wildman–Crippen LogP) is 1.16. The van der Waals surface area contributed by atoms with E-state index in [1.165, 1.54) is 6.07 Å². The summed E-state index contributed by atoms with van der Waals surface area (Å²) in [5.41, 5.74) is -2.21. The van der Waals surface area contributed by atoms with Gasteiger partial charge < -0.3 is 5.11 Å². The lowest BCUT2D eigenvalue weighted by Gasteiger charge is -2.05. The molecule has 2 atom stereocenters. The van der Waals surface area contributed by atoms with Crippen molar-refractivity contribution in [2.24, 2.45) is 11.3 Å². The van der Waals surface area contributed by atoms with Gasteiger partial charge in [-0.3, -0.25) is 4.79 Å². The lowest BCUT2D eigenvalue weighted by atomic mass is 10.1. The number of nitrogens with zero attached hydrogens (tertiary/aromatic N) is 1. The van der Waals surface area contributed by atoms with Gasteiger partial charge in [0.05, 0.1) is 12.0 Å². The molecule has 0 spiro atoms. The van der Waals surface area contributed by atoms with Gasteiger partial charge in [0, 0.05) is 0 Å². The maximum atomic E-state index is 11.9. The molecule has 1 rings (SSSR count). The van der Waals surface area contributed by atoms with Gasteiger partial charge in [-0.2, -0.15) is 18.4 Å². The Labute approximate surface area is 65.4 Å². The average molecular weight is 179 g/mol. The van der Waals surface area contributed by atoms with E-state index in [0.717, 1.165) is 0 Å². The van der Waals surface area contributed by atoms with Crippen molar-refractivity contribution in [3.05, 3.63) is 0 Å². The zero-order valence-corrected chi connectivity index (χ0v) is 5.72. The highest BCUT2D eigenvalue weighted by Crippen LogP contribution is 2.59. The van der Waals surface area contributed by atoms with Crippen molar-refractivity contribution in [3.8, 4) is 6.07 Å². The summed E-state index contributed by atoms with van der Waals surface area (Å²) in [4.78, 5) is 10.2. The number of aliphatic carboxylic acids is 1. The number of carbonyl (C=O) groups is 1. The number of rotatable bonds is 1. The van der Waals surface area contributed by atoms with E-state index in [-0.39, 0.29) is 0 Å². The second kappa shape index (κ2) is 2.12. The minimum atomic E-state index is -4.58. The number of hydrogen-bond acceptors (Lipinski definition) is 2. The van der Waals surface area contributed by atoms with E-state index in [9.17, 15) is 18.0 Å².